The van der Waals surface area contributed by atoms with Crippen LogP contribution in [0.4, 0.5) is 22.0 Å². The van der Waals surface area contributed by atoms with E-state index in [1.807, 2.05) is 0 Å². The molecule has 0 radical (unpaired) electrons. The molecule has 10 heteroatoms. The number of alkyl halides is 5. The second kappa shape index (κ2) is 3.81. The van der Waals surface area contributed by atoms with Gasteiger partial charge in [0.1, 0.15) is 0 Å². The molecule has 0 atom stereocenters. The first-order valence-corrected chi connectivity index (χ1v) is 3.05. The van der Waals surface area contributed by atoms with Crippen LogP contribution in [0.25, 0.3) is 0 Å². The summed E-state index contributed by atoms with van der Waals surface area (Å²) in [6.45, 7) is 0. The Kier molecular flexibility index (Phi) is 3.71. The van der Waals surface area contributed by atoms with E-state index in [0.29, 0.717) is 0 Å². The van der Waals surface area contributed by atoms with Crippen LogP contribution in [0.5, 0.6) is 0 Å². The summed E-state index contributed by atoms with van der Waals surface area (Å²) in [5.41, 5.74) is 0. The van der Waals surface area contributed by atoms with Gasteiger partial charge in [0.2, 0.25) is 0 Å². The van der Waals surface area contributed by atoms with Crippen LogP contribution in [-0.4, -0.2) is 22.3 Å². The van der Waals surface area contributed by atoms with E-state index >= 15 is 0 Å². The first-order valence-electron chi connectivity index (χ1n) is 2.37. The third-order valence-electron chi connectivity index (χ3n) is 0.646. The van der Waals surface area contributed by atoms with E-state index in [9.17, 15) is 26.7 Å². The number of ether oxygens (including phenoxy) is 1. The van der Waals surface area contributed by atoms with E-state index in [1.54, 1.807) is 0 Å². The van der Waals surface area contributed by atoms with Gasteiger partial charge in [-0.05, 0) is 0 Å². The molecule has 0 fully saturated rings. The van der Waals surface area contributed by atoms with E-state index in [-0.39, 0.29) is 0 Å². The van der Waals surface area contributed by atoms with Crippen molar-refractivity contribution in [2.75, 3.05) is 0 Å². The Labute approximate surface area is 78.2 Å². The van der Waals surface area contributed by atoms with E-state index < -0.39 is 22.3 Å². The van der Waals surface area contributed by atoms with Crippen molar-refractivity contribution < 1.29 is 31.5 Å². The summed E-state index contributed by atoms with van der Waals surface area (Å²) >= 11 is 8.93. The Morgan fingerprint density at radius 1 is 1.15 bits per heavy atom. The summed E-state index contributed by atoms with van der Waals surface area (Å²) in [4.78, 5) is 10.1. The van der Waals surface area contributed by atoms with Crippen molar-refractivity contribution in [2.24, 2.45) is 0 Å². The van der Waals surface area contributed by atoms with Crippen molar-refractivity contribution in [1.82, 2.24) is 3.94 Å². The zero-order chi connectivity index (χ0) is 10.9. The molecule has 1 amide bonds. The second-order valence-corrected chi connectivity index (χ2v) is 2.45. The number of hydrogen-bond acceptors (Lipinski definition) is 2. The van der Waals surface area contributed by atoms with E-state index in [0.717, 1.165) is 0 Å². The number of carbonyl (C=O) groups is 1. The molecule has 0 aromatic rings. The summed E-state index contributed by atoms with van der Waals surface area (Å²) in [6, 6.07) is 0. The largest absolute Gasteiger partial charge is 0.527 e. The molecule has 3 nitrogen and oxygen atoms in total. The molecule has 0 bridgehead atoms. The van der Waals surface area contributed by atoms with Crippen molar-refractivity contribution in [2.45, 2.75) is 12.5 Å². The molecule has 13 heavy (non-hydrogen) atoms. The highest BCUT2D eigenvalue weighted by Crippen LogP contribution is 2.30. The van der Waals surface area contributed by atoms with Crippen LogP contribution >= 0.6 is 23.6 Å². The standard InChI is InChI=1S/C3Cl2F5NO2/c4-11(5)1(12)2(6,7)13-3(8,9)10. The number of hydrogen-bond donors (Lipinski definition) is 0. The molecule has 0 unspecified atom stereocenters. The maximum Gasteiger partial charge on any atom is 0.527 e. The van der Waals surface area contributed by atoms with E-state index in [1.165, 1.54) is 0 Å². The Morgan fingerprint density at radius 3 is 1.77 bits per heavy atom. The van der Waals surface area contributed by atoms with Crippen molar-refractivity contribution in [3.05, 3.63) is 0 Å². The molecule has 0 aromatic heterocycles. The molecule has 0 aliphatic carbocycles. The summed E-state index contributed by atoms with van der Waals surface area (Å²) in [7, 11) is 0. The minimum absolute atomic E-state index is 0.758. The summed E-state index contributed by atoms with van der Waals surface area (Å²) in [5, 5.41) is 0. The van der Waals surface area contributed by atoms with Gasteiger partial charge in [-0.15, -0.1) is 13.2 Å². The Hall–Kier alpha value is -0.340. The van der Waals surface area contributed by atoms with Gasteiger partial charge in [-0.1, -0.05) is 0 Å². The number of amides is 1. The van der Waals surface area contributed by atoms with Crippen LogP contribution < -0.4 is 0 Å². The molecule has 0 N–H and O–H groups in total. The minimum atomic E-state index is -5.66. The number of rotatable bonds is 2. The minimum Gasteiger partial charge on any atom is -0.262 e. The molecule has 78 valence electrons. The number of carbonyl (C=O) groups excluding carboxylic acids is 1. The fourth-order valence-corrected chi connectivity index (χ4v) is 0.484. The van der Waals surface area contributed by atoms with Gasteiger partial charge in [-0.25, -0.2) is 4.74 Å². The third-order valence-corrected chi connectivity index (χ3v) is 0.953. The van der Waals surface area contributed by atoms with E-state index in [4.69, 9.17) is 0 Å². The van der Waals surface area contributed by atoms with Gasteiger partial charge in [-0.2, -0.15) is 12.7 Å². The van der Waals surface area contributed by atoms with E-state index in [2.05, 4.69) is 28.3 Å². The molecule has 0 aromatic carbocycles. The highest BCUT2D eigenvalue weighted by Gasteiger charge is 2.52. The molecule has 0 heterocycles. The summed E-state index contributed by atoms with van der Waals surface area (Å²) in [6.07, 6.45) is -10.8. The summed E-state index contributed by atoms with van der Waals surface area (Å²) in [5.74, 6) is -2.53. The fraction of sp³-hybridized carbons (Fsp3) is 0.667. The third kappa shape index (κ3) is 4.44. The van der Waals surface area contributed by atoms with Crippen molar-refractivity contribution >= 4 is 29.5 Å². The zero-order valence-corrected chi connectivity index (χ0v) is 6.92. The monoisotopic (exact) mass is 247 g/mol. The average Bonchev–Trinajstić information content (AvgIpc) is 1.80. The van der Waals surface area contributed by atoms with Gasteiger partial charge in [0.05, 0.1) is 0 Å². The Bertz CT molecular complexity index is 204. The predicted molar refractivity (Wildman–Crippen MR) is 30.6 cm³/mol. The molecule has 0 aliphatic rings. The van der Waals surface area contributed by atoms with Crippen LogP contribution in [0.2, 0.25) is 0 Å². The molecule has 0 saturated heterocycles. The lowest BCUT2D eigenvalue weighted by atomic mass is 10.6. The number of halogens is 7. The highest BCUT2D eigenvalue weighted by molar-refractivity contribution is 6.41. The number of nitrogens with zero attached hydrogens (tertiary/aromatic N) is 1. The Balaban J connectivity index is 4.49. The molecule has 0 aliphatic heterocycles. The molecule has 0 saturated carbocycles. The van der Waals surface area contributed by atoms with Gasteiger partial charge in [-0.3, -0.25) is 4.79 Å². The van der Waals surface area contributed by atoms with Gasteiger partial charge in [0.15, 0.2) is 0 Å². The van der Waals surface area contributed by atoms with Crippen LogP contribution in [0, 0.1) is 0 Å². The normalized spacial score (nSPS) is 12.8. The first kappa shape index (κ1) is 12.7. The second-order valence-electron chi connectivity index (χ2n) is 1.60. The van der Waals surface area contributed by atoms with Crippen molar-refractivity contribution in [3.63, 3.8) is 0 Å². The van der Waals surface area contributed by atoms with Crippen molar-refractivity contribution in [1.29, 1.82) is 0 Å². The zero-order valence-electron chi connectivity index (χ0n) is 5.41. The topological polar surface area (TPSA) is 29.5 Å². The molecule has 0 spiro atoms. The SMILES string of the molecule is O=C(N(Cl)Cl)C(F)(F)OC(F)(F)F. The Morgan fingerprint density at radius 2 is 1.54 bits per heavy atom. The maximum atomic E-state index is 12.1. The summed E-state index contributed by atoms with van der Waals surface area (Å²) < 4.78 is 59.2. The van der Waals surface area contributed by atoms with Crippen LogP contribution in [-0.2, 0) is 9.53 Å². The smallest absolute Gasteiger partial charge is 0.262 e. The van der Waals surface area contributed by atoms with Crippen LogP contribution in [0.15, 0.2) is 0 Å². The quantitative estimate of drug-likeness (QED) is 0.554. The predicted octanol–water partition coefficient (Wildman–Crippen LogP) is 2.25. The molecule has 0 rings (SSSR count). The molecular weight excluding hydrogens is 248 g/mol. The molecular formula is C3Cl2F5NO2. The highest BCUT2D eigenvalue weighted by atomic mass is 35.5. The van der Waals surface area contributed by atoms with Crippen LogP contribution in [0.3, 0.4) is 0 Å². The maximum absolute atomic E-state index is 12.1. The van der Waals surface area contributed by atoms with Gasteiger partial charge < -0.3 is 0 Å². The first-order chi connectivity index (χ1) is 5.56. The van der Waals surface area contributed by atoms with Gasteiger partial charge in [0.25, 0.3) is 0 Å². The lowest BCUT2D eigenvalue weighted by Crippen LogP contribution is -2.41. The average molecular weight is 248 g/mol. The van der Waals surface area contributed by atoms with Crippen LogP contribution in [0.1, 0.15) is 0 Å². The lowest BCUT2D eigenvalue weighted by Gasteiger charge is -2.17. The van der Waals surface area contributed by atoms with Gasteiger partial charge in [0, 0.05) is 23.6 Å². The fourth-order valence-electron chi connectivity index (χ4n) is 0.287. The van der Waals surface area contributed by atoms with Gasteiger partial charge >= 0.3 is 18.4 Å². The van der Waals surface area contributed by atoms with Crippen molar-refractivity contribution in [3.8, 4) is 0 Å². The lowest BCUT2D eigenvalue weighted by molar-refractivity contribution is -0.410.